The lowest BCUT2D eigenvalue weighted by atomic mass is 9.88. The second kappa shape index (κ2) is 12.1. The minimum atomic E-state index is 0.145. The summed E-state index contributed by atoms with van der Waals surface area (Å²) in [5, 5.41) is 0. The molecule has 192 valence electrons. The van der Waals surface area contributed by atoms with E-state index < -0.39 is 0 Å². The first-order chi connectivity index (χ1) is 17.7. The summed E-state index contributed by atoms with van der Waals surface area (Å²) in [5.41, 5.74) is 3.78. The van der Waals surface area contributed by atoms with Gasteiger partial charge in [0.25, 0.3) is 0 Å². The van der Waals surface area contributed by atoms with E-state index in [4.69, 9.17) is 18.9 Å². The van der Waals surface area contributed by atoms with Gasteiger partial charge in [-0.1, -0.05) is 82.0 Å². The molecule has 2 aliphatic heterocycles. The topological polar surface area (TPSA) is 43.5 Å². The van der Waals surface area contributed by atoms with Crippen molar-refractivity contribution in [2.45, 2.75) is 76.6 Å². The molecule has 1 aliphatic carbocycles. The fraction of sp³-hybridized carbons (Fsp3) is 0.500. The average molecular weight is 489 g/mol. The van der Waals surface area contributed by atoms with Crippen molar-refractivity contribution < 1.29 is 18.9 Å². The first kappa shape index (κ1) is 25.1. The predicted octanol–water partition coefficient (Wildman–Crippen LogP) is 7.34. The van der Waals surface area contributed by atoms with Gasteiger partial charge in [0.15, 0.2) is 0 Å². The molecule has 4 heteroatoms. The zero-order chi connectivity index (χ0) is 24.7. The summed E-state index contributed by atoms with van der Waals surface area (Å²) >= 11 is 0. The van der Waals surface area contributed by atoms with Gasteiger partial charge in [0.1, 0.15) is 36.4 Å². The zero-order valence-electron chi connectivity index (χ0n) is 21.7. The van der Waals surface area contributed by atoms with Gasteiger partial charge in [-0.05, 0) is 59.7 Å². The number of unbranched alkanes of at least 4 members (excludes halogenated alkanes) is 1. The van der Waals surface area contributed by atoms with Crippen molar-refractivity contribution in [3.8, 4) is 11.5 Å². The van der Waals surface area contributed by atoms with Crippen LogP contribution in [0.5, 0.6) is 11.5 Å². The van der Waals surface area contributed by atoms with Crippen LogP contribution < -0.4 is 9.47 Å². The molecule has 5 atom stereocenters. The Morgan fingerprint density at radius 1 is 1.00 bits per heavy atom. The molecule has 0 saturated carbocycles. The summed E-state index contributed by atoms with van der Waals surface area (Å²) in [6, 6.07) is 17.0. The Morgan fingerprint density at radius 3 is 2.50 bits per heavy atom. The van der Waals surface area contributed by atoms with E-state index in [9.17, 15) is 0 Å². The molecule has 0 radical (unpaired) electrons. The molecule has 36 heavy (non-hydrogen) atoms. The van der Waals surface area contributed by atoms with Gasteiger partial charge in [0.05, 0.1) is 13.2 Å². The summed E-state index contributed by atoms with van der Waals surface area (Å²) in [6.07, 6.45) is 14.7. The Morgan fingerprint density at radius 2 is 1.83 bits per heavy atom. The number of rotatable bonds is 14. The Kier molecular flexibility index (Phi) is 8.45. The third kappa shape index (κ3) is 7.02. The van der Waals surface area contributed by atoms with E-state index in [2.05, 4.69) is 80.6 Å². The van der Waals surface area contributed by atoms with Crippen molar-refractivity contribution in [2.75, 3.05) is 19.8 Å². The summed E-state index contributed by atoms with van der Waals surface area (Å²) in [6.45, 7) is 6.86. The maximum absolute atomic E-state index is 6.53. The Labute approximate surface area is 216 Å². The molecule has 2 heterocycles. The second-order valence-corrected chi connectivity index (χ2v) is 10.4. The molecule has 2 saturated heterocycles. The lowest BCUT2D eigenvalue weighted by Crippen LogP contribution is -2.26. The molecule has 2 aromatic rings. The van der Waals surface area contributed by atoms with Crippen molar-refractivity contribution in [3.05, 3.63) is 77.9 Å². The molecule has 5 unspecified atom stereocenters. The molecule has 0 bridgehead atoms. The number of benzene rings is 2. The van der Waals surface area contributed by atoms with Gasteiger partial charge >= 0.3 is 0 Å². The molecule has 0 aromatic heterocycles. The maximum atomic E-state index is 6.53. The van der Waals surface area contributed by atoms with Crippen LogP contribution in [0.1, 0.15) is 69.4 Å². The summed E-state index contributed by atoms with van der Waals surface area (Å²) in [7, 11) is 0. The van der Waals surface area contributed by atoms with Gasteiger partial charge in [-0.3, -0.25) is 0 Å². The van der Waals surface area contributed by atoms with Crippen molar-refractivity contribution in [3.63, 3.8) is 0 Å². The van der Waals surface area contributed by atoms with Crippen molar-refractivity contribution in [2.24, 2.45) is 5.92 Å². The summed E-state index contributed by atoms with van der Waals surface area (Å²) < 4.78 is 23.2. The minimum Gasteiger partial charge on any atom is -0.491 e. The van der Waals surface area contributed by atoms with Crippen LogP contribution in [0, 0.1) is 5.92 Å². The molecule has 0 amide bonds. The van der Waals surface area contributed by atoms with Crippen molar-refractivity contribution >= 4 is 5.57 Å². The van der Waals surface area contributed by atoms with Crippen LogP contribution in [0.4, 0.5) is 0 Å². The number of hydrogen-bond acceptors (Lipinski definition) is 4. The van der Waals surface area contributed by atoms with Gasteiger partial charge in [-0.25, -0.2) is 0 Å². The highest BCUT2D eigenvalue weighted by molar-refractivity contribution is 5.76. The normalized spacial score (nSPS) is 24.1. The fourth-order valence-electron chi connectivity index (χ4n) is 5.03. The van der Waals surface area contributed by atoms with Crippen LogP contribution in [-0.2, 0) is 9.47 Å². The number of hydrogen-bond donors (Lipinski definition) is 0. The fourth-order valence-corrected chi connectivity index (χ4v) is 5.03. The van der Waals surface area contributed by atoms with E-state index >= 15 is 0 Å². The summed E-state index contributed by atoms with van der Waals surface area (Å²) in [5.74, 6) is 2.95. The molecule has 0 spiro atoms. The van der Waals surface area contributed by atoms with E-state index in [1.54, 1.807) is 0 Å². The Balaban J connectivity index is 1.18. The number of allylic oxidation sites excluding steroid dienone is 4. The predicted molar refractivity (Wildman–Crippen MR) is 145 cm³/mol. The molecule has 5 rings (SSSR count). The monoisotopic (exact) mass is 488 g/mol. The maximum Gasteiger partial charge on any atom is 0.127 e. The molecule has 2 aromatic carbocycles. The van der Waals surface area contributed by atoms with Crippen LogP contribution in [0.2, 0.25) is 0 Å². The van der Waals surface area contributed by atoms with Gasteiger partial charge in [-0.15, -0.1) is 0 Å². The highest BCUT2D eigenvalue weighted by atomic mass is 16.6. The van der Waals surface area contributed by atoms with E-state index in [0.717, 1.165) is 37.6 Å². The smallest absolute Gasteiger partial charge is 0.127 e. The van der Waals surface area contributed by atoms with Crippen LogP contribution in [0.25, 0.3) is 5.57 Å². The SMILES string of the molecule is CCCCC(CC)CC(Oc1cccc(C2=CCC(c3ccc(OCC4CO4)cc3)C=C2)c1)C1CO1. The zero-order valence-corrected chi connectivity index (χ0v) is 21.7. The molecular formula is C32H40O4. The van der Waals surface area contributed by atoms with Gasteiger partial charge in [0, 0.05) is 5.92 Å². The highest BCUT2D eigenvalue weighted by Crippen LogP contribution is 2.34. The second-order valence-electron chi connectivity index (χ2n) is 10.4. The Hall–Kier alpha value is -2.56. The third-order valence-electron chi connectivity index (χ3n) is 7.58. The number of ether oxygens (including phenoxy) is 4. The van der Waals surface area contributed by atoms with Gasteiger partial charge in [-0.2, -0.15) is 0 Å². The lowest BCUT2D eigenvalue weighted by Gasteiger charge is -2.23. The van der Waals surface area contributed by atoms with Crippen molar-refractivity contribution in [1.82, 2.24) is 0 Å². The molecule has 3 aliphatic rings. The standard InChI is InChI=1S/C32H40O4/c1-3-5-7-23(4-2)18-31(32-22-35-32)36-29-9-6-8-27(19-29)26-12-10-24(11-13-26)25-14-16-28(17-15-25)33-20-30-21-34-30/h6,8-10,12-17,19,23-24,30-32H,3-5,7,11,18,20-22H2,1-2H3. The molecule has 4 nitrogen and oxygen atoms in total. The largest absolute Gasteiger partial charge is 0.491 e. The van der Waals surface area contributed by atoms with E-state index in [1.165, 1.54) is 42.4 Å². The Bertz CT molecular complexity index is 1030. The van der Waals surface area contributed by atoms with Crippen LogP contribution >= 0.6 is 0 Å². The van der Waals surface area contributed by atoms with Crippen LogP contribution in [0.3, 0.4) is 0 Å². The van der Waals surface area contributed by atoms with Crippen LogP contribution in [-0.4, -0.2) is 38.1 Å². The molecule has 2 fully saturated rings. The van der Waals surface area contributed by atoms with Gasteiger partial charge < -0.3 is 18.9 Å². The molecular weight excluding hydrogens is 448 g/mol. The molecule has 0 N–H and O–H groups in total. The summed E-state index contributed by atoms with van der Waals surface area (Å²) in [4.78, 5) is 0. The highest BCUT2D eigenvalue weighted by Gasteiger charge is 2.36. The quantitative estimate of drug-likeness (QED) is 0.261. The van der Waals surface area contributed by atoms with E-state index in [0.29, 0.717) is 18.4 Å². The third-order valence-corrected chi connectivity index (χ3v) is 7.58. The number of epoxide rings is 2. The van der Waals surface area contributed by atoms with Crippen molar-refractivity contribution in [1.29, 1.82) is 0 Å². The van der Waals surface area contributed by atoms with E-state index in [-0.39, 0.29) is 18.3 Å². The first-order valence-corrected chi connectivity index (χ1v) is 13.8. The lowest BCUT2D eigenvalue weighted by molar-refractivity contribution is 0.127. The van der Waals surface area contributed by atoms with E-state index in [1.807, 2.05) is 0 Å². The average Bonchev–Trinajstić information content (AvgIpc) is 3.84. The first-order valence-electron chi connectivity index (χ1n) is 13.8. The van der Waals surface area contributed by atoms with Gasteiger partial charge in [0.2, 0.25) is 0 Å². The van der Waals surface area contributed by atoms with Crippen LogP contribution in [0.15, 0.2) is 66.8 Å². The minimum absolute atomic E-state index is 0.145.